The number of hydrogen-bond donors (Lipinski definition) is 2. The molecule has 0 spiro atoms. The summed E-state index contributed by atoms with van der Waals surface area (Å²) in [4.78, 5) is 17.5. The molecule has 0 aliphatic rings. The van der Waals surface area contributed by atoms with Crippen molar-refractivity contribution < 1.29 is 13.2 Å². The summed E-state index contributed by atoms with van der Waals surface area (Å²) in [6, 6.07) is 8.51. The van der Waals surface area contributed by atoms with E-state index in [1.807, 2.05) is 18.5 Å². The van der Waals surface area contributed by atoms with Crippen LogP contribution in [0.1, 0.15) is 54.5 Å². The van der Waals surface area contributed by atoms with Crippen LogP contribution in [0.15, 0.2) is 36.5 Å². The first-order valence-electron chi connectivity index (χ1n) is 9.29. The van der Waals surface area contributed by atoms with E-state index in [9.17, 15) is 13.2 Å². The van der Waals surface area contributed by atoms with E-state index < -0.39 is 16.1 Å². The summed E-state index contributed by atoms with van der Waals surface area (Å²) >= 11 is 0. The zero-order valence-corrected chi connectivity index (χ0v) is 17.9. The van der Waals surface area contributed by atoms with Crippen LogP contribution in [0, 0.1) is 6.92 Å². The second-order valence-electron chi connectivity index (χ2n) is 7.37. The molecule has 1 amide bonds. The molecule has 29 heavy (non-hydrogen) atoms. The quantitative estimate of drug-likeness (QED) is 0.643. The molecule has 2 heterocycles. The van der Waals surface area contributed by atoms with E-state index in [0.29, 0.717) is 22.5 Å². The van der Waals surface area contributed by atoms with Crippen molar-refractivity contribution in [1.29, 1.82) is 0 Å². The number of sulfonamides is 1. The maximum absolute atomic E-state index is 12.9. The van der Waals surface area contributed by atoms with E-state index in [0.717, 1.165) is 17.3 Å². The highest BCUT2D eigenvalue weighted by atomic mass is 32.2. The fourth-order valence-electron chi connectivity index (χ4n) is 3.19. The molecule has 0 fully saturated rings. The number of rotatable bonds is 6. The molecule has 0 aliphatic heterocycles. The van der Waals surface area contributed by atoms with Crippen LogP contribution in [0.4, 0.5) is 5.69 Å². The molecule has 0 bridgehead atoms. The molecule has 9 heteroatoms. The SMILES string of the molecule is Cc1nc2c(cnn2C(C)C)cc1C(=O)NC(C)c1ccccc1NS(C)(=O)=O. The van der Waals surface area contributed by atoms with E-state index >= 15 is 0 Å². The summed E-state index contributed by atoms with van der Waals surface area (Å²) in [5, 5.41) is 8.07. The largest absolute Gasteiger partial charge is 0.345 e. The summed E-state index contributed by atoms with van der Waals surface area (Å²) in [7, 11) is -3.43. The van der Waals surface area contributed by atoms with Gasteiger partial charge >= 0.3 is 0 Å². The van der Waals surface area contributed by atoms with Crippen molar-refractivity contribution in [3.8, 4) is 0 Å². The van der Waals surface area contributed by atoms with Gasteiger partial charge < -0.3 is 5.32 Å². The van der Waals surface area contributed by atoms with E-state index in [4.69, 9.17) is 0 Å². The molecule has 0 saturated heterocycles. The van der Waals surface area contributed by atoms with Crippen LogP contribution in [0.2, 0.25) is 0 Å². The minimum Gasteiger partial charge on any atom is -0.345 e. The third kappa shape index (κ3) is 4.56. The molecule has 3 aromatic rings. The molecule has 0 saturated carbocycles. The summed E-state index contributed by atoms with van der Waals surface area (Å²) in [5.41, 5.74) is 2.91. The van der Waals surface area contributed by atoms with E-state index in [1.54, 1.807) is 50.4 Å². The zero-order valence-electron chi connectivity index (χ0n) is 17.1. The predicted octanol–water partition coefficient (Wildman–Crippen LogP) is 3.18. The lowest BCUT2D eigenvalue weighted by molar-refractivity contribution is 0.0939. The van der Waals surface area contributed by atoms with Gasteiger partial charge in [-0.3, -0.25) is 9.52 Å². The minimum absolute atomic E-state index is 0.165. The van der Waals surface area contributed by atoms with Crippen molar-refractivity contribution in [2.75, 3.05) is 11.0 Å². The van der Waals surface area contributed by atoms with E-state index in [-0.39, 0.29) is 11.9 Å². The van der Waals surface area contributed by atoms with Crippen LogP contribution in [-0.4, -0.2) is 35.3 Å². The number of fused-ring (bicyclic) bond motifs is 1. The maximum Gasteiger partial charge on any atom is 0.253 e. The van der Waals surface area contributed by atoms with Crippen LogP contribution in [0.25, 0.3) is 11.0 Å². The molecular formula is C20H25N5O3S. The molecule has 1 unspecified atom stereocenters. The first-order chi connectivity index (χ1) is 13.6. The van der Waals surface area contributed by atoms with Crippen molar-refractivity contribution in [3.05, 3.63) is 53.3 Å². The molecule has 8 nitrogen and oxygen atoms in total. The van der Waals surface area contributed by atoms with Gasteiger partial charge in [0.2, 0.25) is 10.0 Å². The van der Waals surface area contributed by atoms with Gasteiger partial charge in [0.15, 0.2) is 5.65 Å². The number of aryl methyl sites for hydroxylation is 1. The Morgan fingerprint density at radius 3 is 2.52 bits per heavy atom. The number of amides is 1. The Labute approximate surface area is 170 Å². The van der Waals surface area contributed by atoms with Crippen LogP contribution in [-0.2, 0) is 10.0 Å². The molecule has 1 aromatic carbocycles. The number of carbonyl (C=O) groups excluding carboxylic acids is 1. The van der Waals surface area contributed by atoms with Crippen molar-refractivity contribution >= 4 is 32.7 Å². The third-order valence-electron chi connectivity index (χ3n) is 4.56. The predicted molar refractivity (Wildman–Crippen MR) is 113 cm³/mol. The Kier molecular flexibility index (Phi) is 5.61. The molecular weight excluding hydrogens is 390 g/mol. The van der Waals surface area contributed by atoms with Crippen LogP contribution in [0.5, 0.6) is 0 Å². The molecule has 2 aromatic heterocycles. The highest BCUT2D eigenvalue weighted by Crippen LogP contribution is 2.25. The number of para-hydroxylation sites is 1. The first-order valence-corrected chi connectivity index (χ1v) is 11.2. The van der Waals surface area contributed by atoms with Crippen molar-refractivity contribution in [3.63, 3.8) is 0 Å². The molecule has 2 N–H and O–H groups in total. The second-order valence-corrected chi connectivity index (χ2v) is 9.12. The fourth-order valence-corrected chi connectivity index (χ4v) is 3.78. The minimum atomic E-state index is -3.43. The van der Waals surface area contributed by atoms with Gasteiger partial charge in [-0.05, 0) is 45.4 Å². The van der Waals surface area contributed by atoms with Gasteiger partial charge in [0.25, 0.3) is 5.91 Å². The molecule has 0 aliphatic carbocycles. The number of nitrogens with one attached hydrogen (secondary N) is 2. The number of hydrogen-bond acceptors (Lipinski definition) is 5. The van der Waals surface area contributed by atoms with Gasteiger partial charge in [-0.15, -0.1) is 0 Å². The molecule has 0 radical (unpaired) electrons. The number of carbonyl (C=O) groups is 1. The average Bonchev–Trinajstić information content (AvgIpc) is 3.02. The van der Waals surface area contributed by atoms with Crippen LogP contribution in [0.3, 0.4) is 0 Å². The van der Waals surface area contributed by atoms with Crippen LogP contribution < -0.4 is 10.0 Å². The topological polar surface area (TPSA) is 106 Å². The Bertz CT molecular complexity index is 1170. The van der Waals surface area contributed by atoms with Gasteiger partial charge in [-0.1, -0.05) is 18.2 Å². The van der Waals surface area contributed by atoms with Gasteiger partial charge in [-0.25, -0.2) is 18.1 Å². The Balaban J connectivity index is 1.88. The third-order valence-corrected chi connectivity index (χ3v) is 5.15. The van der Waals surface area contributed by atoms with Gasteiger partial charge in [0.1, 0.15) is 0 Å². The lowest BCUT2D eigenvalue weighted by Crippen LogP contribution is -2.28. The number of nitrogens with zero attached hydrogens (tertiary/aromatic N) is 3. The van der Waals surface area contributed by atoms with Gasteiger partial charge in [0.05, 0.1) is 35.4 Å². The van der Waals surface area contributed by atoms with E-state index in [1.165, 1.54) is 0 Å². The number of pyridine rings is 1. The number of anilines is 1. The Morgan fingerprint density at radius 1 is 1.17 bits per heavy atom. The summed E-state index contributed by atoms with van der Waals surface area (Å²) in [5.74, 6) is -0.282. The average molecular weight is 416 g/mol. The second kappa shape index (κ2) is 7.82. The van der Waals surface area contributed by atoms with Gasteiger partial charge in [-0.2, -0.15) is 5.10 Å². The molecule has 1 atom stereocenters. The Morgan fingerprint density at radius 2 is 1.86 bits per heavy atom. The summed E-state index contributed by atoms with van der Waals surface area (Å²) < 4.78 is 27.6. The van der Waals surface area contributed by atoms with Crippen molar-refractivity contribution in [2.45, 2.75) is 39.8 Å². The van der Waals surface area contributed by atoms with Crippen molar-refractivity contribution in [2.24, 2.45) is 0 Å². The monoisotopic (exact) mass is 415 g/mol. The Hall–Kier alpha value is -2.94. The maximum atomic E-state index is 12.9. The smallest absolute Gasteiger partial charge is 0.253 e. The lowest BCUT2D eigenvalue weighted by atomic mass is 10.1. The number of benzene rings is 1. The summed E-state index contributed by atoms with van der Waals surface area (Å²) in [6.45, 7) is 7.64. The molecule has 154 valence electrons. The highest BCUT2D eigenvalue weighted by Gasteiger charge is 2.19. The molecule has 3 rings (SSSR count). The zero-order chi connectivity index (χ0) is 21.3. The standard InChI is InChI=1S/C20H25N5O3S/c1-12(2)25-19-15(11-21-25)10-17(14(4)22-19)20(26)23-13(3)16-8-6-7-9-18(16)24-29(5,27)28/h6-13,24H,1-5H3,(H,23,26). The fraction of sp³-hybridized carbons (Fsp3) is 0.350. The van der Waals surface area contributed by atoms with Crippen molar-refractivity contribution in [1.82, 2.24) is 20.1 Å². The van der Waals surface area contributed by atoms with Gasteiger partial charge in [0, 0.05) is 11.4 Å². The normalized spacial score (nSPS) is 12.9. The number of aromatic nitrogens is 3. The van der Waals surface area contributed by atoms with E-state index in [2.05, 4.69) is 20.1 Å². The summed E-state index contributed by atoms with van der Waals surface area (Å²) in [6.07, 6.45) is 2.79. The van der Waals surface area contributed by atoms with Crippen LogP contribution >= 0.6 is 0 Å². The highest BCUT2D eigenvalue weighted by molar-refractivity contribution is 7.92. The lowest BCUT2D eigenvalue weighted by Gasteiger charge is -2.19. The first kappa shape index (κ1) is 20.8.